The topological polar surface area (TPSA) is 20.2 Å². The molecule has 0 spiro atoms. The van der Waals surface area contributed by atoms with Crippen LogP contribution in [0.25, 0.3) is 0 Å². The predicted molar refractivity (Wildman–Crippen MR) is 36.5 cm³/mol. The summed E-state index contributed by atoms with van der Waals surface area (Å²) in [6.45, 7) is 0. The summed E-state index contributed by atoms with van der Waals surface area (Å²) < 4.78 is 0. The maximum absolute atomic E-state index is 9.41. The van der Waals surface area contributed by atoms with Crippen molar-refractivity contribution in [2.24, 2.45) is 11.8 Å². The summed E-state index contributed by atoms with van der Waals surface area (Å²) in [5.41, 5.74) is 0. The lowest BCUT2D eigenvalue weighted by atomic mass is 10.0. The Morgan fingerprint density at radius 2 is 2.11 bits per heavy atom. The van der Waals surface area contributed by atoms with E-state index in [0.717, 1.165) is 12.8 Å². The van der Waals surface area contributed by atoms with E-state index in [1.54, 1.807) is 0 Å². The van der Waals surface area contributed by atoms with Crippen LogP contribution in [0.3, 0.4) is 0 Å². The van der Waals surface area contributed by atoms with Crippen LogP contribution in [0, 0.1) is 11.8 Å². The first kappa shape index (κ1) is 5.99. The van der Waals surface area contributed by atoms with Crippen molar-refractivity contribution in [3.8, 4) is 0 Å². The van der Waals surface area contributed by atoms with Crippen molar-refractivity contribution in [3.63, 3.8) is 0 Å². The van der Waals surface area contributed by atoms with E-state index < -0.39 is 0 Å². The van der Waals surface area contributed by atoms with E-state index in [9.17, 15) is 5.11 Å². The van der Waals surface area contributed by atoms with Crippen LogP contribution in [-0.2, 0) is 0 Å². The summed E-state index contributed by atoms with van der Waals surface area (Å²) in [6.07, 6.45) is 3.34. The molecule has 2 aliphatic carbocycles. The van der Waals surface area contributed by atoms with Crippen molar-refractivity contribution < 1.29 is 5.11 Å². The van der Waals surface area contributed by atoms with Crippen LogP contribution in [-0.4, -0.2) is 16.6 Å². The van der Waals surface area contributed by atoms with E-state index in [4.69, 9.17) is 11.6 Å². The van der Waals surface area contributed by atoms with Gasteiger partial charge in [-0.15, -0.1) is 11.6 Å². The van der Waals surface area contributed by atoms with Gasteiger partial charge in [-0.05, 0) is 25.2 Å². The Balaban J connectivity index is 2.16. The van der Waals surface area contributed by atoms with Gasteiger partial charge in [0.2, 0.25) is 0 Å². The number of hydrogen-bond acceptors (Lipinski definition) is 1. The number of aliphatic hydroxyl groups excluding tert-OH is 1. The third-order valence-corrected chi connectivity index (χ3v) is 3.29. The monoisotopic (exact) mass is 146 g/mol. The number of halogens is 1. The second kappa shape index (κ2) is 1.86. The van der Waals surface area contributed by atoms with E-state index in [1.165, 1.54) is 6.42 Å². The van der Waals surface area contributed by atoms with Crippen molar-refractivity contribution in [2.75, 3.05) is 0 Å². The van der Waals surface area contributed by atoms with E-state index in [-0.39, 0.29) is 11.5 Å². The quantitative estimate of drug-likeness (QED) is 0.512. The number of aliphatic hydroxyl groups is 1. The Morgan fingerprint density at radius 1 is 1.33 bits per heavy atom. The van der Waals surface area contributed by atoms with Crippen LogP contribution >= 0.6 is 11.6 Å². The lowest BCUT2D eigenvalue weighted by Gasteiger charge is -2.12. The van der Waals surface area contributed by atoms with Gasteiger partial charge in [-0.1, -0.05) is 0 Å². The lowest BCUT2D eigenvalue weighted by Crippen LogP contribution is -2.15. The summed E-state index contributed by atoms with van der Waals surface area (Å²) in [7, 11) is 0. The summed E-state index contributed by atoms with van der Waals surface area (Å²) >= 11 is 5.94. The largest absolute Gasteiger partial charge is 0.392 e. The van der Waals surface area contributed by atoms with Crippen molar-refractivity contribution in [2.45, 2.75) is 30.7 Å². The first-order valence-corrected chi connectivity index (χ1v) is 4.05. The minimum atomic E-state index is -0.0625. The van der Waals surface area contributed by atoms with Crippen LogP contribution in [0.2, 0.25) is 0 Å². The highest BCUT2D eigenvalue weighted by Gasteiger charge is 2.46. The average molecular weight is 147 g/mol. The Kier molecular flexibility index (Phi) is 1.24. The molecule has 1 N–H and O–H groups in total. The molecule has 9 heavy (non-hydrogen) atoms. The van der Waals surface area contributed by atoms with Crippen LogP contribution in [0.5, 0.6) is 0 Å². The van der Waals surface area contributed by atoms with Gasteiger partial charge in [0, 0.05) is 11.3 Å². The third-order valence-electron chi connectivity index (χ3n) is 2.78. The van der Waals surface area contributed by atoms with Gasteiger partial charge < -0.3 is 5.11 Å². The van der Waals surface area contributed by atoms with E-state index in [1.807, 2.05) is 0 Å². The van der Waals surface area contributed by atoms with Gasteiger partial charge in [0.25, 0.3) is 0 Å². The van der Waals surface area contributed by atoms with E-state index >= 15 is 0 Å². The maximum Gasteiger partial charge on any atom is 0.0611 e. The molecule has 0 aromatic rings. The summed E-state index contributed by atoms with van der Waals surface area (Å²) in [5, 5.41) is 9.69. The fourth-order valence-electron chi connectivity index (χ4n) is 2.21. The van der Waals surface area contributed by atoms with Crippen molar-refractivity contribution >= 4 is 11.6 Å². The van der Waals surface area contributed by atoms with Crippen molar-refractivity contribution in [1.82, 2.24) is 0 Å². The molecule has 4 unspecified atom stereocenters. The zero-order valence-electron chi connectivity index (χ0n) is 5.26. The molecule has 52 valence electrons. The maximum atomic E-state index is 9.41. The number of fused-ring (bicyclic) bond motifs is 2. The van der Waals surface area contributed by atoms with Gasteiger partial charge in [0.15, 0.2) is 0 Å². The lowest BCUT2D eigenvalue weighted by molar-refractivity contribution is 0.129. The Morgan fingerprint density at radius 3 is 2.33 bits per heavy atom. The first-order valence-electron chi connectivity index (χ1n) is 3.61. The first-order chi connectivity index (χ1) is 4.29. The van der Waals surface area contributed by atoms with E-state index in [2.05, 4.69) is 0 Å². The molecule has 2 rings (SSSR count). The van der Waals surface area contributed by atoms with Crippen LogP contribution in [0.4, 0.5) is 0 Å². The molecule has 0 saturated heterocycles. The van der Waals surface area contributed by atoms with Gasteiger partial charge in [0.05, 0.1) is 6.10 Å². The summed E-state index contributed by atoms with van der Waals surface area (Å²) in [4.78, 5) is 0. The molecule has 2 fully saturated rings. The molecular formula is C7H11ClO. The standard InChI is InChI=1S/C7H11ClO/c8-6-3-4-1-2-5(6)7(4)9/h4-7,9H,1-3H2. The molecule has 2 aliphatic rings. The minimum absolute atomic E-state index is 0.0625. The molecule has 2 saturated carbocycles. The van der Waals surface area contributed by atoms with Gasteiger partial charge >= 0.3 is 0 Å². The molecule has 0 aliphatic heterocycles. The van der Waals surface area contributed by atoms with E-state index in [0.29, 0.717) is 11.8 Å². The van der Waals surface area contributed by atoms with Gasteiger partial charge in [-0.2, -0.15) is 0 Å². The summed E-state index contributed by atoms with van der Waals surface area (Å²) in [6, 6.07) is 0. The zero-order valence-corrected chi connectivity index (χ0v) is 6.01. The second-order valence-electron chi connectivity index (χ2n) is 3.24. The molecule has 0 aromatic heterocycles. The highest BCUT2D eigenvalue weighted by atomic mass is 35.5. The molecular weight excluding hydrogens is 136 g/mol. The smallest absolute Gasteiger partial charge is 0.0611 e. The van der Waals surface area contributed by atoms with Crippen LogP contribution in [0.1, 0.15) is 19.3 Å². The SMILES string of the molecule is OC1C2CCC1C(Cl)C2. The summed E-state index contributed by atoms with van der Waals surface area (Å²) in [5.74, 6) is 0.967. The molecule has 0 aromatic carbocycles. The third kappa shape index (κ3) is 0.714. The molecule has 0 radical (unpaired) electrons. The normalized spacial score (nSPS) is 56.7. The van der Waals surface area contributed by atoms with Crippen molar-refractivity contribution in [3.05, 3.63) is 0 Å². The van der Waals surface area contributed by atoms with Gasteiger partial charge in [-0.3, -0.25) is 0 Å². The highest BCUT2D eigenvalue weighted by molar-refractivity contribution is 6.21. The Labute approximate surface area is 60.0 Å². The van der Waals surface area contributed by atoms with Crippen molar-refractivity contribution in [1.29, 1.82) is 0 Å². The number of rotatable bonds is 0. The second-order valence-corrected chi connectivity index (χ2v) is 3.80. The minimum Gasteiger partial charge on any atom is -0.392 e. The van der Waals surface area contributed by atoms with Gasteiger partial charge in [0.1, 0.15) is 0 Å². The fourth-order valence-corrected chi connectivity index (χ4v) is 2.72. The molecule has 0 heterocycles. The van der Waals surface area contributed by atoms with Crippen LogP contribution in [0.15, 0.2) is 0 Å². The Hall–Kier alpha value is 0.250. The van der Waals surface area contributed by atoms with Gasteiger partial charge in [-0.25, -0.2) is 0 Å². The zero-order chi connectivity index (χ0) is 6.43. The van der Waals surface area contributed by atoms with Crippen LogP contribution < -0.4 is 0 Å². The number of alkyl halides is 1. The molecule has 0 amide bonds. The molecule has 1 nitrogen and oxygen atoms in total. The number of hydrogen-bond donors (Lipinski definition) is 1. The molecule has 2 bridgehead atoms. The highest BCUT2D eigenvalue weighted by Crippen LogP contribution is 2.46. The molecule has 4 atom stereocenters. The Bertz CT molecular complexity index is 126. The fraction of sp³-hybridized carbons (Fsp3) is 1.00. The molecule has 2 heteroatoms. The predicted octanol–water partition coefficient (Wildman–Crippen LogP) is 1.38. The average Bonchev–Trinajstić information content (AvgIpc) is 2.25.